The predicted molar refractivity (Wildman–Crippen MR) is 65.3 cm³/mol. The van der Waals surface area contributed by atoms with Crippen molar-refractivity contribution in [1.82, 2.24) is 15.3 Å². The molecule has 0 fully saturated rings. The van der Waals surface area contributed by atoms with E-state index in [0.29, 0.717) is 12.1 Å². The number of aromatic hydroxyl groups is 3. The van der Waals surface area contributed by atoms with Crippen molar-refractivity contribution in [2.24, 2.45) is 0 Å². The first-order chi connectivity index (χ1) is 8.59. The number of H-pyrrole nitrogens is 1. The van der Waals surface area contributed by atoms with E-state index in [1.807, 2.05) is 6.92 Å². The lowest BCUT2D eigenvalue weighted by molar-refractivity contribution is 0.363. The van der Waals surface area contributed by atoms with E-state index in [0.717, 1.165) is 5.82 Å². The van der Waals surface area contributed by atoms with E-state index < -0.39 is 5.75 Å². The van der Waals surface area contributed by atoms with Gasteiger partial charge in [0.15, 0.2) is 11.5 Å². The van der Waals surface area contributed by atoms with Crippen LogP contribution in [0, 0.1) is 0 Å². The van der Waals surface area contributed by atoms with Crippen molar-refractivity contribution in [2.45, 2.75) is 19.5 Å². The van der Waals surface area contributed by atoms with Crippen LogP contribution in [0.5, 0.6) is 17.2 Å². The molecule has 1 atom stereocenters. The summed E-state index contributed by atoms with van der Waals surface area (Å²) in [6, 6.07) is 2.87. The van der Waals surface area contributed by atoms with E-state index >= 15 is 0 Å². The lowest BCUT2D eigenvalue weighted by Crippen LogP contribution is -2.19. The molecule has 1 aromatic heterocycles. The van der Waals surface area contributed by atoms with E-state index in [1.165, 1.54) is 6.07 Å². The molecule has 2 rings (SSSR count). The summed E-state index contributed by atoms with van der Waals surface area (Å²) < 4.78 is 0. The van der Waals surface area contributed by atoms with Gasteiger partial charge in [0.1, 0.15) is 5.82 Å². The largest absolute Gasteiger partial charge is 0.504 e. The maximum absolute atomic E-state index is 9.65. The molecule has 1 heterocycles. The van der Waals surface area contributed by atoms with Crippen LogP contribution < -0.4 is 5.32 Å². The van der Waals surface area contributed by atoms with Crippen LogP contribution in [0.1, 0.15) is 24.4 Å². The van der Waals surface area contributed by atoms with Crippen LogP contribution in [0.2, 0.25) is 0 Å². The number of phenols is 3. The molecule has 6 nitrogen and oxygen atoms in total. The SMILES string of the molecule is CC(NCc1ccc(O)c(O)c1O)c1ncc[nH]1. The Labute approximate surface area is 104 Å². The summed E-state index contributed by atoms with van der Waals surface area (Å²) in [5.41, 5.74) is 0.503. The first-order valence-electron chi connectivity index (χ1n) is 5.55. The molecular weight excluding hydrogens is 234 g/mol. The van der Waals surface area contributed by atoms with Crippen LogP contribution in [0.4, 0.5) is 0 Å². The van der Waals surface area contributed by atoms with Crippen LogP contribution in [-0.2, 0) is 6.54 Å². The second-order valence-electron chi connectivity index (χ2n) is 4.02. The molecule has 18 heavy (non-hydrogen) atoms. The molecule has 5 N–H and O–H groups in total. The number of benzene rings is 1. The normalized spacial score (nSPS) is 12.5. The lowest BCUT2D eigenvalue weighted by Gasteiger charge is -2.13. The minimum absolute atomic E-state index is 0.0182. The van der Waals surface area contributed by atoms with E-state index in [2.05, 4.69) is 15.3 Å². The first-order valence-corrected chi connectivity index (χ1v) is 5.55. The topological polar surface area (TPSA) is 101 Å². The van der Waals surface area contributed by atoms with Gasteiger partial charge in [-0.05, 0) is 13.0 Å². The molecule has 0 aliphatic rings. The number of hydrogen-bond donors (Lipinski definition) is 5. The van der Waals surface area contributed by atoms with Gasteiger partial charge in [-0.2, -0.15) is 0 Å². The molecule has 0 amide bonds. The number of imidazole rings is 1. The maximum atomic E-state index is 9.65. The zero-order valence-corrected chi connectivity index (χ0v) is 9.88. The summed E-state index contributed by atoms with van der Waals surface area (Å²) in [5.74, 6) is -0.359. The molecule has 0 aliphatic heterocycles. The fraction of sp³-hybridized carbons (Fsp3) is 0.250. The van der Waals surface area contributed by atoms with Crippen molar-refractivity contribution in [3.8, 4) is 17.2 Å². The molecule has 2 aromatic rings. The Balaban J connectivity index is 2.05. The molecule has 1 unspecified atom stereocenters. The number of nitrogens with one attached hydrogen (secondary N) is 2. The molecule has 0 saturated heterocycles. The number of nitrogens with zero attached hydrogens (tertiary/aromatic N) is 1. The predicted octanol–water partition coefficient (Wildman–Crippen LogP) is 1.38. The molecule has 0 aliphatic carbocycles. The minimum Gasteiger partial charge on any atom is -0.504 e. The van der Waals surface area contributed by atoms with Crippen LogP contribution in [-0.4, -0.2) is 25.3 Å². The van der Waals surface area contributed by atoms with Gasteiger partial charge in [-0.25, -0.2) is 4.98 Å². The van der Waals surface area contributed by atoms with Gasteiger partial charge in [-0.1, -0.05) is 6.07 Å². The Bertz CT molecular complexity index is 526. The highest BCUT2D eigenvalue weighted by Gasteiger charge is 2.12. The molecule has 1 aromatic carbocycles. The first kappa shape index (κ1) is 12.3. The summed E-state index contributed by atoms with van der Waals surface area (Å²) >= 11 is 0. The highest BCUT2D eigenvalue weighted by Crippen LogP contribution is 2.36. The van der Waals surface area contributed by atoms with E-state index in [1.54, 1.807) is 18.5 Å². The summed E-state index contributed by atoms with van der Waals surface area (Å²) in [7, 11) is 0. The standard InChI is InChI=1S/C12H15N3O3/c1-7(12-13-4-5-14-12)15-6-8-2-3-9(16)11(18)10(8)17/h2-5,7,15-18H,6H2,1H3,(H,13,14). The van der Waals surface area contributed by atoms with E-state index in [-0.39, 0.29) is 17.5 Å². The molecule has 0 spiro atoms. The number of aromatic nitrogens is 2. The van der Waals surface area contributed by atoms with Crippen molar-refractivity contribution in [3.05, 3.63) is 35.9 Å². The Morgan fingerprint density at radius 1 is 1.28 bits per heavy atom. The van der Waals surface area contributed by atoms with E-state index in [4.69, 9.17) is 0 Å². The summed E-state index contributed by atoms with van der Waals surface area (Å²) in [5, 5.41) is 31.4. The third-order valence-corrected chi connectivity index (χ3v) is 2.74. The van der Waals surface area contributed by atoms with Crippen molar-refractivity contribution < 1.29 is 15.3 Å². The summed E-state index contributed by atoms with van der Waals surface area (Å²) in [6.45, 7) is 2.28. The third kappa shape index (κ3) is 2.38. The highest BCUT2D eigenvalue weighted by atomic mass is 16.3. The number of phenolic OH excluding ortho intramolecular Hbond substituents is 3. The number of rotatable bonds is 4. The second-order valence-corrected chi connectivity index (χ2v) is 4.02. The average Bonchev–Trinajstić information content (AvgIpc) is 2.89. The van der Waals surface area contributed by atoms with Gasteiger partial charge in [0.2, 0.25) is 5.75 Å². The van der Waals surface area contributed by atoms with Crippen LogP contribution in [0.3, 0.4) is 0 Å². The zero-order valence-electron chi connectivity index (χ0n) is 9.88. The molecule has 0 saturated carbocycles. The summed E-state index contributed by atoms with van der Waals surface area (Å²) in [4.78, 5) is 7.10. The van der Waals surface area contributed by atoms with Gasteiger partial charge < -0.3 is 25.6 Å². The number of hydrogen-bond acceptors (Lipinski definition) is 5. The molecule has 96 valence electrons. The molecule has 0 bridgehead atoms. The van der Waals surface area contributed by atoms with Crippen LogP contribution >= 0.6 is 0 Å². The Morgan fingerprint density at radius 2 is 2.06 bits per heavy atom. The van der Waals surface area contributed by atoms with Gasteiger partial charge >= 0.3 is 0 Å². The quantitative estimate of drug-likeness (QED) is 0.527. The Hall–Kier alpha value is -2.21. The highest BCUT2D eigenvalue weighted by molar-refractivity contribution is 5.53. The van der Waals surface area contributed by atoms with Crippen LogP contribution in [0.25, 0.3) is 0 Å². The zero-order chi connectivity index (χ0) is 13.1. The fourth-order valence-corrected chi connectivity index (χ4v) is 1.63. The smallest absolute Gasteiger partial charge is 0.200 e. The Kier molecular flexibility index (Phi) is 3.38. The second kappa shape index (κ2) is 4.97. The molecule has 0 radical (unpaired) electrons. The lowest BCUT2D eigenvalue weighted by atomic mass is 10.1. The van der Waals surface area contributed by atoms with Crippen molar-refractivity contribution in [2.75, 3.05) is 0 Å². The average molecular weight is 249 g/mol. The van der Waals surface area contributed by atoms with Crippen molar-refractivity contribution in [3.63, 3.8) is 0 Å². The number of aromatic amines is 1. The van der Waals surface area contributed by atoms with E-state index in [9.17, 15) is 15.3 Å². The molecule has 6 heteroatoms. The Morgan fingerprint density at radius 3 is 2.72 bits per heavy atom. The minimum atomic E-state index is -0.500. The van der Waals surface area contributed by atoms with Gasteiger partial charge in [0, 0.05) is 24.5 Å². The maximum Gasteiger partial charge on any atom is 0.200 e. The third-order valence-electron chi connectivity index (χ3n) is 2.74. The van der Waals surface area contributed by atoms with Gasteiger partial charge in [0.05, 0.1) is 6.04 Å². The van der Waals surface area contributed by atoms with Crippen LogP contribution in [0.15, 0.2) is 24.5 Å². The fourth-order valence-electron chi connectivity index (χ4n) is 1.63. The monoisotopic (exact) mass is 249 g/mol. The van der Waals surface area contributed by atoms with Gasteiger partial charge in [0.25, 0.3) is 0 Å². The van der Waals surface area contributed by atoms with Crippen molar-refractivity contribution >= 4 is 0 Å². The van der Waals surface area contributed by atoms with Gasteiger partial charge in [-0.3, -0.25) is 0 Å². The summed E-state index contributed by atoms with van der Waals surface area (Å²) in [6.07, 6.45) is 3.40. The van der Waals surface area contributed by atoms with Crippen molar-refractivity contribution in [1.29, 1.82) is 0 Å². The van der Waals surface area contributed by atoms with Gasteiger partial charge in [-0.15, -0.1) is 0 Å². The molecular formula is C12H15N3O3.